The molecule has 138 valence electrons. The molecular weight excluding hydrogens is 326 g/mol. The first-order valence-electron chi connectivity index (χ1n) is 10.1. The van der Waals surface area contributed by atoms with E-state index < -0.39 is 0 Å². The summed E-state index contributed by atoms with van der Waals surface area (Å²) in [5.41, 5.74) is 8.24. The van der Waals surface area contributed by atoms with Gasteiger partial charge in [0.2, 0.25) is 0 Å². The zero-order valence-corrected chi connectivity index (χ0v) is 16.5. The van der Waals surface area contributed by atoms with Crippen LogP contribution in [0.3, 0.4) is 0 Å². The van der Waals surface area contributed by atoms with Crippen LogP contribution in [0.5, 0.6) is 0 Å². The van der Waals surface area contributed by atoms with Crippen molar-refractivity contribution in [3.05, 3.63) is 95.1 Å². The zero-order chi connectivity index (χ0) is 18.6. The lowest BCUT2D eigenvalue weighted by Gasteiger charge is -2.33. The SMILES string of the molecule is Cc1ccc(C)c(-c2ccc(CN3CCCC(c4ccccc4)C3)cc2)c1. The standard InChI is InChI=1S/C26H29N/c1-20-10-11-21(2)26(17-20)24-14-12-22(13-15-24)18-27-16-6-9-25(19-27)23-7-4-3-5-8-23/h3-5,7-8,10-15,17,25H,6,9,16,18-19H2,1-2H3. The second-order valence-electron chi connectivity index (χ2n) is 8.00. The van der Waals surface area contributed by atoms with E-state index >= 15 is 0 Å². The molecule has 1 saturated heterocycles. The van der Waals surface area contributed by atoms with E-state index in [0.29, 0.717) is 5.92 Å². The number of piperidine rings is 1. The highest BCUT2D eigenvalue weighted by atomic mass is 15.1. The number of aryl methyl sites for hydroxylation is 2. The van der Waals surface area contributed by atoms with Crippen LogP contribution < -0.4 is 0 Å². The van der Waals surface area contributed by atoms with Crippen molar-refractivity contribution in [2.75, 3.05) is 13.1 Å². The maximum Gasteiger partial charge on any atom is 0.0233 e. The van der Waals surface area contributed by atoms with E-state index in [9.17, 15) is 0 Å². The van der Waals surface area contributed by atoms with E-state index in [0.717, 1.165) is 6.54 Å². The van der Waals surface area contributed by atoms with Gasteiger partial charge in [0, 0.05) is 13.1 Å². The number of hydrogen-bond donors (Lipinski definition) is 0. The van der Waals surface area contributed by atoms with Crippen LogP contribution in [0.2, 0.25) is 0 Å². The Bertz CT molecular complexity index is 880. The van der Waals surface area contributed by atoms with E-state index in [4.69, 9.17) is 0 Å². The molecule has 0 saturated carbocycles. The second kappa shape index (κ2) is 8.10. The fourth-order valence-corrected chi connectivity index (χ4v) is 4.29. The highest BCUT2D eigenvalue weighted by molar-refractivity contribution is 5.68. The fraction of sp³-hybridized carbons (Fsp3) is 0.308. The summed E-state index contributed by atoms with van der Waals surface area (Å²) >= 11 is 0. The molecule has 1 aliphatic rings. The molecule has 4 rings (SSSR count). The van der Waals surface area contributed by atoms with Crippen LogP contribution in [0.25, 0.3) is 11.1 Å². The van der Waals surface area contributed by atoms with Gasteiger partial charge in [-0.05, 0) is 67.0 Å². The number of benzene rings is 3. The monoisotopic (exact) mass is 355 g/mol. The van der Waals surface area contributed by atoms with E-state index in [1.807, 2.05) is 0 Å². The second-order valence-corrected chi connectivity index (χ2v) is 8.00. The zero-order valence-electron chi connectivity index (χ0n) is 16.5. The minimum Gasteiger partial charge on any atom is -0.298 e. The van der Waals surface area contributed by atoms with Crippen LogP contribution in [-0.2, 0) is 6.54 Å². The Morgan fingerprint density at radius 3 is 2.44 bits per heavy atom. The number of rotatable bonds is 4. The molecular formula is C26H29N. The Hall–Kier alpha value is -2.38. The third kappa shape index (κ3) is 4.31. The molecule has 0 bridgehead atoms. The summed E-state index contributed by atoms with van der Waals surface area (Å²) < 4.78 is 0. The van der Waals surface area contributed by atoms with Gasteiger partial charge in [0.25, 0.3) is 0 Å². The Labute approximate surface area is 163 Å². The molecule has 0 aromatic heterocycles. The smallest absolute Gasteiger partial charge is 0.0233 e. The van der Waals surface area contributed by atoms with E-state index in [-0.39, 0.29) is 0 Å². The summed E-state index contributed by atoms with van der Waals surface area (Å²) in [6.45, 7) is 7.79. The highest BCUT2D eigenvalue weighted by Crippen LogP contribution is 2.29. The minimum absolute atomic E-state index is 0.675. The van der Waals surface area contributed by atoms with Crippen LogP contribution in [0.1, 0.15) is 41.0 Å². The molecule has 1 atom stereocenters. The van der Waals surface area contributed by atoms with E-state index in [1.165, 1.54) is 59.3 Å². The van der Waals surface area contributed by atoms with Crippen LogP contribution in [0, 0.1) is 13.8 Å². The largest absolute Gasteiger partial charge is 0.298 e. The molecule has 1 unspecified atom stereocenters. The van der Waals surface area contributed by atoms with Gasteiger partial charge in [-0.25, -0.2) is 0 Å². The summed E-state index contributed by atoms with van der Waals surface area (Å²) in [6.07, 6.45) is 2.60. The molecule has 1 heterocycles. The van der Waals surface area contributed by atoms with Gasteiger partial charge in [-0.1, -0.05) is 78.4 Å². The Morgan fingerprint density at radius 2 is 1.67 bits per heavy atom. The predicted octanol–water partition coefficient (Wildman–Crippen LogP) is 6.35. The van der Waals surface area contributed by atoms with Gasteiger partial charge in [-0.3, -0.25) is 4.90 Å². The van der Waals surface area contributed by atoms with Gasteiger partial charge >= 0.3 is 0 Å². The fourth-order valence-electron chi connectivity index (χ4n) is 4.29. The molecule has 1 heteroatoms. The van der Waals surface area contributed by atoms with Crippen LogP contribution in [0.15, 0.2) is 72.8 Å². The molecule has 1 aliphatic heterocycles. The van der Waals surface area contributed by atoms with Gasteiger partial charge in [0.05, 0.1) is 0 Å². The van der Waals surface area contributed by atoms with Crippen molar-refractivity contribution in [1.82, 2.24) is 4.90 Å². The molecule has 0 radical (unpaired) electrons. The highest BCUT2D eigenvalue weighted by Gasteiger charge is 2.21. The first-order valence-corrected chi connectivity index (χ1v) is 10.1. The van der Waals surface area contributed by atoms with Crippen LogP contribution in [0.4, 0.5) is 0 Å². The lowest BCUT2D eigenvalue weighted by Crippen LogP contribution is -2.33. The van der Waals surface area contributed by atoms with Crippen molar-refractivity contribution < 1.29 is 0 Å². The van der Waals surface area contributed by atoms with E-state index in [2.05, 4.69) is 91.5 Å². The van der Waals surface area contributed by atoms with Gasteiger partial charge in [-0.2, -0.15) is 0 Å². The third-order valence-electron chi connectivity index (χ3n) is 5.84. The minimum atomic E-state index is 0.675. The van der Waals surface area contributed by atoms with Crippen molar-refractivity contribution in [3.63, 3.8) is 0 Å². The maximum atomic E-state index is 2.62. The molecule has 0 aliphatic carbocycles. The van der Waals surface area contributed by atoms with Crippen LogP contribution in [-0.4, -0.2) is 18.0 Å². The van der Waals surface area contributed by atoms with Gasteiger partial charge in [0.15, 0.2) is 0 Å². The summed E-state index contributed by atoms with van der Waals surface area (Å²) in [5.74, 6) is 0.675. The molecule has 0 N–H and O–H groups in total. The first kappa shape index (κ1) is 18.0. The summed E-state index contributed by atoms with van der Waals surface area (Å²) in [5, 5.41) is 0. The maximum absolute atomic E-state index is 2.62. The van der Waals surface area contributed by atoms with Gasteiger partial charge in [-0.15, -0.1) is 0 Å². The Morgan fingerprint density at radius 1 is 0.889 bits per heavy atom. The molecule has 27 heavy (non-hydrogen) atoms. The van der Waals surface area contributed by atoms with Crippen LogP contribution >= 0.6 is 0 Å². The lowest BCUT2D eigenvalue weighted by atomic mass is 9.90. The summed E-state index contributed by atoms with van der Waals surface area (Å²) in [6, 6.07) is 26.9. The predicted molar refractivity (Wildman–Crippen MR) is 115 cm³/mol. The molecule has 0 amide bonds. The third-order valence-corrected chi connectivity index (χ3v) is 5.84. The Kier molecular flexibility index (Phi) is 5.40. The number of nitrogens with zero attached hydrogens (tertiary/aromatic N) is 1. The molecule has 1 fully saturated rings. The van der Waals surface area contributed by atoms with Crippen molar-refractivity contribution in [1.29, 1.82) is 0 Å². The summed E-state index contributed by atoms with van der Waals surface area (Å²) in [7, 11) is 0. The molecule has 3 aromatic rings. The quantitative estimate of drug-likeness (QED) is 0.527. The average molecular weight is 356 g/mol. The van der Waals surface area contributed by atoms with Crippen molar-refractivity contribution in [3.8, 4) is 11.1 Å². The van der Waals surface area contributed by atoms with Crippen molar-refractivity contribution in [2.45, 2.75) is 39.2 Å². The lowest BCUT2D eigenvalue weighted by molar-refractivity contribution is 0.200. The van der Waals surface area contributed by atoms with Crippen molar-refractivity contribution >= 4 is 0 Å². The van der Waals surface area contributed by atoms with E-state index in [1.54, 1.807) is 0 Å². The average Bonchev–Trinajstić information content (AvgIpc) is 2.71. The first-order chi connectivity index (χ1) is 13.2. The molecule has 3 aromatic carbocycles. The normalized spacial score (nSPS) is 17.8. The van der Waals surface area contributed by atoms with Crippen molar-refractivity contribution in [2.24, 2.45) is 0 Å². The van der Waals surface area contributed by atoms with Gasteiger partial charge < -0.3 is 0 Å². The molecule has 0 spiro atoms. The Balaban J connectivity index is 1.44. The number of hydrogen-bond acceptors (Lipinski definition) is 1. The van der Waals surface area contributed by atoms with Gasteiger partial charge in [0.1, 0.15) is 0 Å². The topological polar surface area (TPSA) is 3.24 Å². The summed E-state index contributed by atoms with van der Waals surface area (Å²) in [4.78, 5) is 2.62. The number of likely N-dealkylation sites (tertiary alicyclic amines) is 1. The molecule has 1 nitrogen and oxygen atoms in total.